The molecule has 0 bridgehead atoms. The highest BCUT2D eigenvalue weighted by Gasteiger charge is 2.45. The summed E-state index contributed by atoms with van der Waals surface area (Å²) in [5.74, 6) is 0. The minimum atomic E-state index is -1.72. The van der Waals surface area contributed by atoms with E-state index in [1.165, 1.54) is 24.9 Å². The first-order valence-electron chi connectivity index (χ1n) is 11.4. The molecule has 29 heavy (non-hydrogen) atoms. The maximum atomic E-state index is 7.05. The van der Waals surface area contributed by atoms with Crippen molar-refractivity contribution >= 4 is 24.7 Å². The number of rotatable bonds is 7. The third-order valence-electron chi connectivity index (χ3n) is 7.69. The molecule has 0 aliphatic heterocycles. The Labute approximate surface area is 184 Å². The van der Waals surface area contributed by atoms with Crippen molar-refractivity contribution in [3.05, 3.63) is 44.8 Å². The van der Waals surface area contributed by atoms with E-state index in [2.05, 4.69) is 93.4 Å². The van der Waals surface area contributed by atoms with Gasteiger partial charge in [-0.3, -0.25) is 0 Å². The number of hydrogen-bond acceptors (Lipinski definition) is 1. The first-order valence-corrected chi connectivity index (χ1v) is 20.2. The van der Waals surface area contributed by atoms with Crippen LogP contribution in [-0.4, -0.2) is 24.7 Å². The van der Waals surface area contributed by atoms with Crippen LogP contribution < -0.4 is 0 Å². The van der Waals surface area contributed by atoms with Gasteiger partial charge in [-0.25, -0.2) is 0 Å². The monoisotopic (exact) mass is 446 g/mol. The van der Waals surface area contributed by atoms with Crippen LogP contribution >= 0.6 is 0 Å². The Balaban J connectivity index is 2.31. The summed E-state index contributed by atoms with van der Waals surface area (Å²) >= 11 is 0. The van der Waals surface area contributed by atoms with Crippen LogP contribution in [0.25, 0.3) is 0 Å². The summed E-state index contributed by atoms with van der Waals surface area (Å²) in [7, 11) is -5.14. The van der Waals surface area contributed by atoms with Gasteiger partial charge in [0.15, 0.2) is 16.6 Å². The van der Waals surface area contributed by atoms with Crippen LogP contribution in [-0.2, 0) is 4.12 Å². The van der Waals surface area contributed by atoms with E-state index < -0.39 is 24.7 Å². The molecule has 0 unspecified atom stereocenters. The Bertz CT molecular complexity index is 743. The molecule has 0 aromatic carbocycles. The molecule has 0 atom stereocenters. The van der Waals surface area contributed by atoms with Crippen molar-refractivity contribution in [1.82, 2.24) is 0 Å². The van der Waals surface area contributed by atoms with E-state index in [9.17, 15) is 0 Å². The van der Waals surface area contributed by atoms with Gasteiger partial charge in [0.25, 0.3) is 0 Å². The van der Waals surface area contributed by atoms with Crippen LogP contribution in [0.2, 0.25) is 49.9 Å². The molecule has 1 nitrogen and oxygen atoms in total. The molecule has 0 radical (unpaired) electrons. The largest absolute Gasteiger partial charge is 0.455 e. The Kier molecular flexibility index (Phi) is 7.07. The zero-order chi connectivity index (χ0) is 22.4. The van der Waals surface area contributed by atoms with Crippen LogP contribution in [0.4, 0.5) is 0 Å². The lowest BCUT2D eigenvalue weighted by molar-refractivity contribution is 0.485. The second kappa shape index (κ2) is 8.25. The molecule has 0 spiro atoms. The minimum Gasteiger partial charge on any atom is -0.455 e. The Hall–Kier alpha value is -0.429. The topological polar surface area (TPSA) is 9.23 Å². The van der Waals surface area contributed by atoms with Crippen LogP contribution in [0.15, 0.2) is 44.8 Å². The molecule has 164 valence electrons. The predicted octanol–water partition coefficient (Wildman–Crippen LogP) is 8.70. The zero-order valence-electron chi connectivity index (χ0n) is 21.4. The van der Waals surface area contributed by atoms with Gasteiger partial charge in [-0.1, -0.05) is 78.2 Å². The molecule has 4 heteroatoms. The lowest BCUT2D eigenvalue weighted by Crippen LogP contribution is -2.50. The van der Waals surface area contributed by atoms with Gasteiger partial charge in [-0.05, 0) is 77.8 Å². The minimum absolute atomic E-state index is 0.287. The van der Waals surface area contributed by atoms with Gasteiger partial charge in [0.1, 0.15) is 8.07 Å². The van der Waals surface area contributed by atoms with Crippen molar-refractivity contribution < 1.29 is 4.12 Å². The first-order chi connectivity index (χ1) is 13.0. The number of hydrogen-bond donors (Lipinski definition) is 0. The molecule has 0 amide bonds. The number of allylic oxidation sites excluding steroid dienone is 8. The fraction of sp³-hybridized carbons (Fsp3) is 0.680. The lowest BCUT2D eigenvalue weighted by atomic mass is 10.2. The Morgan fingerprint density at radius 3 is 1.48 bits per heavy atom. The van der Waals surface area contributed by atoms with Crippen LogP contribution in [0.1, 0.15) is 61.3 Å². The van der Waals surface area contributed by atoms with Gasteiger partial charge in [-0.15, -0.1) is 0 Å². The van der Waals surface area contributed by atoms with Crippen molar-refractivity contribution in [3.63, 3.8) is 0 Å². The average Bonchev–Trinajstić information content (AvgIpc) is 3.04. The highest BCUT2D eigenvalue weighted by molar-refractivity contribution is 6.94. The molecule has 0 saturated carbocycles. The van der Waals surface area contributed by atoms with Crippen molar-refractivity contribution in [1.29, 1.82) is 0 Å². The Morgan fingerprint density at radius 1 is 0.759 bits per heavy atom. The molecule has 0 aromatic rings. The summed E-state index contributed by atoms with van der Waals surface area (Å²) < 4.78 is 7.05. The third-order valence-corrected chi connectivity index (χ3v) is 22.6. The summed E-state index contributed by atoms with van der Waals surface area (Å²) in [5, 5.41) is 3.88. The van der Waals surface area contributed by atoms with E-state index >= 15 is 0 Å². The van der Waals surface area contributed by atoms with Gasteiger partial charge >= 0.3 is 0 Å². The fourth-order valence-electron chi connectivity index (χ4n) is 5.04. The van der Waals surface area contributed by atoms with Gasteiger partial charge in [0, 0.05) is 0 Å². The van der Waals surface area contributed by atoms with E-state index in [4.69, 9.17) is 4.12 Å². The SMILES string of the molecule is CC1=CC(C)=C([Si](C)(CC[Si](C)(C)O[Si](C)(C)C(C)(C)C)C2=C(C)C=C(C)C2)C1. The molecule has 0 aromatic heterocycles. The van der Waals surface area contributed by atoms with E-state index in [0.29, 0.717) is 0 Å². The lowest BCUT2D eigenvalue weighted by Gasteiger charge is -2.43. The van der Waals surface area contributed by atoms with E-state index in [0.717, 1.165) is 0 Å². The molecule has 2 aliphatic rings. The molecule has 0 saturated heterocycles. The second-order valence-corrected chi connectivity index (χ2v) is 25.8. The smallest absolute Gasteiger partial charge is 0.178 e. The third kappa shape index (κ3) is 5.44. The normalized spacial score (nSPS) is 19.3. The molecular weight excluding hydrogens is 401 g/mol. The first kappa shape index (κ1) is 24.8. The predicted molar refractivity (Wildman–Crippen MR) is 139 cm³/mol. The summed E-state index contributed by atoms with van der Waals surface area (Å²) in [6.07, 6.45) is 7.30. The van der Waals surface area contributed by atoms with Crippen LogP contribution in [0, 0.1) is 0 Å². The average molecular weight is 447 g/mol. The fourth-order valence-corrected chi connectivity index (χ4v) is 20.8. The van der Waals surface area contributed by atoms with Gasteiger partial charge in [-0.2, -0.15) is 0 Å². The summed E-state index contributed by atoms with van der Waals surface area (Å²) in [5.41, 5.74) is 6.22. The molecule has 0 heterocycles. The summed E-state index contributed by atoms with van der Waals surface area (Å²) in [6, 6.07) is 2.64. The van der Waals surface area contributed by atoms with Crippen LogP contribution in [0.3, 0.4) is 0 Å². The molecule has 2 aliphatic carbocycles. The molecular formula is C25H46OSi3. The van der Waals surface area contributed by atoms with Crippen molar-refractivity contribution in [2.45, 2.75) is 111 Å². The van der Waals surface area contributed by atoms with Crippen LogP contribution in [0.5, 0.6) is 0 Å². The standard InChI is InChI=1S/C25H46OSi3/c1-19-15-21(3)23(17-19)29(12,24-18-20(2)16-22(24)4)14-13-27(8,9)26-28(10,11)25(5,6)7/h15-16H,13-14,17-18H2,1-12H3. The van der Waals surface area contributed by atoms with E-state index in [-0.39, 0.29) is 5.04 Å². The van der Waals surface area contributed by atoms with E-state index in [1.807, 2.05) is 0 Å². The highest BCUT2D eigenvalue weighted by atomic mass is 28.4. The zero-order valence-corrected chi connectivity index (χ0v) is 24.4. The molecule has 0 fully saturated rings. The van der Waals surface area contributed by atoms with Crippen molar-refractivity contribution in [3.8, 4) is 0 Å². The maximum Gasteiger partial charge on any atom is 0.178 e. The molecule has 2 rings (SSSR count). The van der Waals surface area contributed by atoms with Crippen molar-refractivity contribution in [2.75, 3.05) is 0 Å². The quantitative estimate of drug-likeness (QED) is 0.355. The van der Waals surface area contributed by atoms with Gasteiger partial charge < -0.3 is 4.12 Å². The molecule has 0 N–H and O–H groups in total. The van der Waals surface area contributed by atoms with Gasteiger partial charge in [0.2, 0.25) is 0 Å². The maximum absolute atomic E-state index is 7.05. The Morgan fingerprint density at radius 2 is 1.17 bits per heavy atom. The summed E-state index contributed by atoms with van der Waals surface area (Å²) in [4.78, 5) is 0. The summed E-state index contributed by atoms with van der Waals surface area (Å²) in [6.45, 7) is 28.9. The highest BCUT2D eigenvalue weighted by Crippen LogP contribution is 2.46. The van der Waals surface area contributed by atoms with Crippen molar-refractivity contribution in [2.24, 2.45) is 0 Å². The second-order valence-electron chi connectivity index (χ2n) is 12.1. The van der Waals surface area contributed by atoms with Gasteiger partial charge in [0.05, 0.1) is 0 Å². The van der Waals surface area contributed by atoms with E-state index in [1.54, 1.807) is 32.7 Å².